The molecule has 0 aromatic heterocycles. The van der Waals surface area contributed by atoms with Crippen LogP contribution in [0.1, 0.15) is 16.7 Å². The van der Waals surface area contributed by atoms with E-state index in [0.717, 1.165) is 11.1 Å². The van der Waals surface area contributed by atoms with Crippen molar-refractivity contribution in [3.05, 3.63) is 59.2 Å². The molecule has 0 radical (unpaired) electrons. The smallest absolute Gasteiger partial charge is 0.131 e. The highest BCUT2D eigenvalue weighted by Gasteiger charge is 2.38. The number of aliphatic hydroxyl groups excluding tert-OH is 1. The van der Waals surface area contributed by atoms with Crippen LogP contribution in [0.5, 0.6) is 5.75 Å². The molecule has 2 aromatic carbocycles. The highest BCUT2D eigenvalue weighted by atomic mass is 16.5. The van der Waals surface area contributed by atoms with Crippen molar-refractivity contribution in [2.75, 3.05) is 25.4 Å². The fraction of sp³-hybridized carbons (Fsp3) is 0.294. The largest absolute Gasteiger partial charge is 0.488 e. The second-order valence-corrected chi connectivity index (χ2v) is 5.46. The molecular formula is C17H20N2O3. The SMILES string of the molecule is Nc1ccc2c(c1)C(O)(CNCCO)c1ccccc1OC2. The number of rotatable bonds is 4. The number of hydrogen-bond donors (Lipinski definition) is 4. The van der Waals surface area contributed by atoms with E-state index in [1.807, 2.05) is 30.3 Å². The second kappa shape index (κ2) is 5.96. The summed E-state index contributed by atoms with van der Waals surface area (Å²) in [5.41, 5.74) is 7.59. The van der Waals surface area contributed by atoms with Gasteiger partial charge in [0, 0.05) is 24.3 Å². The molecule has 1 aliphatic rings. The van der Waals surface area contributed by atoms with E-state index in [0.29, 0.717) is 30.2 Å². The number of fused-ring (bicyclic) bond motifs is 2. The quantitative estimate of drug-likeness (QED) is 0.499. The highest BCUT2D eigenvalue weighted by molar-refractivity contribution is 5.54. The molecule has 0 saturated carbocycles. The molecule has 1 aliphatic heterocycles. The molecule has 0 fully saturated rings. The van der Waals surface area contributed by atoms with Crippen LogP contribution in [0.15, 0.2) is 42.5 Å². The van der Waals surface area contributed by atoms with E-state index in [-0.39, 0.29) is 13.2 Å². The molecule has 22 heavy (non-hydrogen) atoms. The Morgan fingerprint density at radius 2 is 2.00 bits per heavy atom. The predicted octanol–water partition coefficient (Wildman–Crippen LogP) is 0.979. The zero-order chi connectivity index (χ0) is 15.6. The van der Waals surface area contributed by atoms with E-state index in [1.54, 1.807) is 12.1 Å². The van der Waals surface area contributed by atoms with Crippen molar-refractivity contribution in [3.63, 3.8) is 0 Å². The topological polar surface area (TPSA) is 87.7 Å². The summed E-state index contributed by atoms with van der Waals surface area (Å²) < 4.78 is 5.84. The van der Waals surface area contributed by atoms with Gasteiger partial charge in [-0.2, -0.15) is 0 Å². The minimum atomic E-state index is -1.26. The van der Waals surface area contributed by atoms with Crippen molar-refractivity contribution in [1.82, 2.24) is 5.32 Å². The molecule has 1 unspecified atom stereocenters. The molecule has 1 atom stereocenters. The maximum absolute atomic E-state index is 11.4. The number of nitrogen functional groups attached to an aromatic ring is 1. The van der Waals surface area contributed by atoms with Crippen molar-refractivity contribution in [2.24, 2.45) is 0 Å². The van der Waals surface area contributed by atoms with E-state index < -0.39 is 5.60 Å². The molecular weight excluding hydrogens is 280 g/mol. The lowest BCUT2D eigenvalue weighted by Crippen LogP contribution is -2.40. The Morgan fingerprint density at radius 3 is 2.82 bits per heavy atom. The molecule has 0 amide bonds. The summed E-state index contributed by atoms with van der Waals surface area (Å²) >= 11 is 0. The lowest BCUT2D eigenvalue weighted by atomic mass is 9.83. The molecule has 1 heterocycles. The van der Waals surface area contributed by atoms with Crippen LogP contribution in [0.2, 0.25) is 0 Å². The maximum atomic E-state index is 11.4. The summed E-state index contributed by atoms with van der Waals surface area (Å²) in [6.07, 6.45) is 0. The van der Waals surface area contributed by atoms with Gasteiger partial charge in [0.25, 0.3) is 0 Å². The fourth-order valence-corrected chi connectivity index (χ4v) is 2.88. The Hall–Kier alpha value is -2.08. The number of ether oxygens (including phenoxy) is 1. The normalized spacial score (nSPS) is 19.7. The van der Waals surface area contributed by atoms with Crippen LogP contribution in [0.3, 0.4) is 0 Å². The molecule has 5 nitrogen and oxygen atoms in total. The van der Waals surface area contributed by atoms with Gasteiger partial charge in [-0.1, -0.05) is 24.3 Å². The Morgan fingerprint density at radius 1 is 1.18 bits per heavy atom. The summed E-state index contributed by atoms with van der Waals surface area (Å²) in [7, 11) is 0. The Balaban J connectivity index is 2.13. The van der Waals surface area contributed by atoms with E-state index in [2.05, 4.69) is 5.32 Å². The van der Waals surface area contributed by atoms with E-state index in [1.165, 1.54) is 0 Å². The Kier molecular flexibility index (Phi) is 4.02. The van der Waals surface area contributed by atoms with Gasteiger partial charge in [0.1, 0.15) is 18.0 Å². The number of benzene rings is 2. The first-order chi connectivity index (χ1) is 10.6. The van der Waals surface area contributed by atoms with Gasteiger partial charge in [-0.3, -0.25) is 0 Å². The molecule has 0 spiro atoms. The molecule has 5 heteroatoms. The second-order valence-electron chi connectivity index (χ2n) is 5.46. The fourth-order valence-electron chi connectivity index (χ4n) is 2.88. The first-order valence-electron chi connectivity index (χ1n) is 7.30. The average molecular weight is 300 g/mol. The van der Waals surface area contributed by atoms with Gasteiger partial charge in [-0.15, -0.1) is 0 Å². The first-order valence-corrected chi connectivity index (χ1v) is 7.30. The third-order valence-corrected chi connectivity index (χ3v) is 3.96. The van der Waals surface area contributed by atoms with Gasteiger partial charge in [-0.05, 0) is 29.3 Å². The summed E-state index contributed by atoms with van der Waals surface area (Å²) in [5.74, 6) is 0.658. The highest BCUT2D eigenvalue weighted by Crippen LogP contribution is 2.40. The van der Waals surface area contributed by atoms with Crippen LogP contribution in [-0.4, -0.2) is 29.9 Å². The number of nitrogens with one attached hydrogen (secondary N) is 1. The van der Waals surface area contributed by atoms with Crippen LogP contribution in [0.4, 0.5) is 5.69 Å². The van der Waals surface area contributed by atoms with E-state index in [9.17, 15) is 5.11 Å². The summed E-state index contributed by atoms with van der Waals surface area (Å²) in [5, 5.41) is 23.5. The predicted molar refractivity (Wildman–Crippen MR) is 84.6 cm³/mol. The zero-order valence-electron chi connectivity index (χ0n) is 12.2. The standard InChI is InChI=1S/C17H20N2O3/c18-13-6-5-12-10-22-16-4-2-1-3-14(16)17(21,15(12)9-13)11-19-7-8-20/h1-6,9,19-21H,7-8,10-11,18H2. The van der Waals surface area contributed by atoms with Crippen LogP contribution in [-0.2, 0) is 12.2 Å². The molecule has 0 bridgehead atoms. The van der Waals surface area contributed by atoms with Crippen molar-refractivity contribution < 1.29 is 14.9 Å². The van der Waals surface area contributed by atoms with Crippen LogP contribution >= 0.6 is 0 Å². The molecule has 5 N–H and O–H groups in total. The molecule has 3 rings (SSSR count). The van der Waals surface area contributed by atoms with Crippen molar-refractivity contribution in [3.8, 4) is 5.75 Å². The van der Waals surface area contributed by atoms with Crippen LogP contribution in [0.25, 0.3) is 0 Å². The minimum Gasteiger partial charge on any atom is -0.488 e. The van der Waals surface area contributed by atoms with Gasteiger partial charge in [-0.25, -0.2) is 0 Å². The maximum Gasteiger partial charge on any atom is 0.131 e. The lowest BCUT2D eigenvalue weighted by Gasteiger charge is -2.30. The average Bonchev–Trinajstić information content (AvgIpc) is 2.64. The van der Waals surface area contributed by atoms with Gasteiger partial charge >= 0.3 is 0 Å². The summed E-state index contributed by atoms with van der Waals surface area (Å²) in [4.78, 5) is 0. The monoisotopic (exact) mass is 300 g/mol. The molecule has 0 aliphatic carbocycles. The van der Waals surface area contributed by atoms with Crippen molar-refractivity contribution >= 4 is 5.69 Å². The third-order valence-electron chi connectivity index (χ3n) is 3.96. The van der Waals surface area contributed by atoms with Gasteiger partial charge < -0.3 is 26.0 Å². The Bertz CT molecular complexity index is 675. The number of anilines is 1. The third kappa shape index (κ3) is 2.54. The lowest BCUT2D eigenvalue weighted by molar-refractivity contribution is 0.0780. The number of hydrogen-bond acceptors (Lipinski definition) is 5. The van der Waals surface area contributed by atoms with E-state index in [4.69, 9.17) is 15.6 Å². The van der Waals surface area contributed by atoms with Gasteiger partial charge in [0.2, 0.25) is 0 Å². The molecule has 0 saturated heterocycles. The Labute approximate surface area is 129 Å². The van der Waals surface area contributed by atoms with E-state index >= 15 is 0 Å². The number of nitrogens with two attached hydrogens (primary N) is 1. The zero-order valence-corrected chi connectivity index (χ0v) is 12.2. The van der Waals surface area contributed by atoms with Crippen LogP contribution in [0, 0.1) is 0 Å². The summed E-state index contributed by atoms with van der Waals surface area (Å²) in [6, 6.07) is 12.9. The minimum absolute atomic E-state index is 0.0119. The van der Waals surface area contributed by atoms with Gasteiger partial charge in [0.15, 0.2) is 0 Å². The van der Waals surface area contributed by atoms with Crippen molar-refractivity contribution in [2.45, 2.75) is 12.2 Å². The van der Waals surface area contributed by atoms with Gasteiger partial charge in [0.05, 0.1) is 6.61 Å². The molecule has 116 valence electrons. The van der Waals surface area contributed by atoms with Crippen molar-refractivity contribution in [1.29, 1.82) is 0 Å². The first kappa shape index (κ1) is 14.8. The number of aliphatic hydroxyl groups is 2. The number of para-hydroxylation sites is 1. The summed E-state index contributed by atoms with van der Waals surface area (Å²) in [6.45, 7) is 1.07. The molecule has 2 aromatic rings. The van der Waals surface area contributed by atoms with Crippen LogP contribution < -0.4 is 15.8 Å².